The maximum atomic E-state index is 2.73. The number of allylic oxidation sites excluding steroid dienone is 2. The molecule has 0 aliphatic heterocycles. The molecule has 238 valence electrons. The Bertz CT molecular complexity index is 2070. The van der Waals surface area contributed by atoms with Crippen LogP contribution in [0.25, 0.3) is 23.3 Å². The average molecular weight is 710 g/mol. The molecular formula is C45H50SiZr. The summed E-state index contributed by atoms with van der Waals surface area (Å²) in [4.78, 5) is 0. The molecule has 0 aromatic heterocycles. The third-order valence-electron chi connectivity index (χ3n) is 14.0. The van der Waals surface area contributed by atoms with Crippen molar-refractivity contribution in [3.05, 3.63) is 167 Å². The van der Waals surface area contributed by atoms with Gasteiger partial charge in [-0.05, 0) is 0 Å². The minimum absolute atomic E-state index is 0.256. The summed E-state index contributed by atoms with van der Waals surface area (Å²) in [5.74, 6) is 0. The van der Waals surface area contributed by atoms with Gasteiger partial charge in [-0.2, -0.15) is 0 Å². The number of benzene rings is 5. The van der Waals surface area contributed by atoms with Gasteiger partial charge in [-0.25, -0.2) is 0 Å². The van der Waals surface area contributed by atoms with E-state index in [1.54, 1.807) is 17.7 Å². The molecule has 7 rings (SSSR count). The van der Waals surface area contributed by atoms with Crippen LogP contribution < -0.4 is 6.54 Å². The van der Waals surface area contributed by atoms with Crippen LogP contribution in [0.1, 0.15) is 76.0 Å². The van der Waals surface area contributed by atoms with Crippen LogP contribution in [-0.4, -0.2) is 6.88 Å². The predicted molar refractivity (Wildman–Crippen MR) is 207 cm³/mol. The summed E-state index contributed by atoms with van der Waals surface area (Å²) in [6.45, 7) is 9.91. The average Bonchev–Trinajstić information content (AvgIpc) is 3.74. The zero-order chi connectivity index (χ0) is 32.6. The molecule has 5 aromatic rings. The molecule has 2 unspecified atom stereocenters. The molecule has 2 atom stereocenters. The quantitative estimate of drug-likeness (QED) is 0.120. The molecule has 0 heterocycles. The Kier molecular flexibility index (Phi) is 7.62. The fraction of sp³-hybridized carbons (Fsp3) is 0.244. The minimum atomic E-state index is -5.99. The first-order valence-corrected chi connectivity index (χ1v) is 32.7. The molecule has 0 spiro atoms. The third kappa shape index (κ3) is 3.89. The van der Waals surface area contributed by atoms with Crippen LogP contribution in [0.15, 0.2) is 145 Å². The van der Waals surface area contributed by atoms with Crippen LogP contribution in [0.3, 0.4) is 0 Å². The molecule has 5 aromatic carbocycles. The van der Waals surface area contributed by atoms with Crippen LogP contribution >= 0.6 is 0 Å². The fourth-order valence-electron chi connectivity index (χ4n) is 12.1. The van der Waals surface area contributed by atoms with E-state index in [0.717, 1.165) is 0 Å². The Morgan fingerprint density at radius 1 is 0.596 bits per heavy atom. The molecule has 0 N–H and O–H groups in total. The van der Waals surface area contributed by atoms with E-state index in [2.05, 4.69) is 179 Å². The topological polar surface area (TPSA) is 0 Å². The molecule has 2 aliphatic rings. The molecule has 0 amide bonds. The van der Waals surface area contributed by atoms with Gasteiger partial charge in [0.25, 0.3) is 0 Å². The first kappa shape index (κ1) is 32.2. The van der Waals surface area contributed by atoms with Crippen molar-refractivity contribution in [3.63, 3.8) is 0 Å². The second kappa shape index (κ2) is 11.1. The van der Waals surface area contributed by atoms with E-state index in [0.29, 0.717) is 3.63 Å². The molecule has 0 radical (unpaired) electrons. The van der Waals surface area contributed by atoms with Crippen molar-refractivity contribution in [2.24, 2.45) is 0 Å². The van der Waals surface area contributed by atoms with Crippen molar-refractivity contribution in [2.75, 3.05) is 0 Å². The zero-order valence-corrected chi connectivity index (χ0v) is 32.4. The van der Waals surface area contributed by atoms with Crippen LogP contribution in [0.5, 0.6) is 0 Å². The molecule has 2 heteroatoms. The van der Waals surface area contributed by atoms with Gasteiger partial charge in [-0.1, -0.05) is 0 Å². The molecular weight excluding hydrogens is 660 g/mol. The van der Waals surface area contributed by atoms with Gasteiger partial charge < -0.3 is 0 Å². The Balaban J connectivity index is 1.79. The number of rotatable bonds is 11. The molecule has 2 aliphatic carbocycles. The van der Waals surface area contributed by atoms with Gasteiger partial charge >= 0.3 is 280 Å². The van der Waals surface area contributed by atoms with Gasteiger partial charge in [-0.15, -0.1) is 0 Å². The van der Waals surface area contributed by atoms with Crippen molar-refractivity contribution in [1.29, 1.82) is 0 Å². The van der Waals surface area contributed by atoms with Gasteiger partial charge in [0.1, 0.15) is 0 Å². The zero-order valence-electron chi connectivity index (χ0n) is 28.5. The Morgan fingerprint density at radius 3 is 1.72 bits per heavy atom. The fourth-order valence-corrected chi connectivity index (χ4v) is 63.0. The molecule has 0 fully saturated rings. The number of unbranched alkanes of at least 4 members (excludes halogenated alkanes) is 2. The van der Waals surface area contributed by atoms with Crippen molar-refractivity contribution in [2.45, 2.75) is 62.0 Å². The Morgan fingerprint density at radius 2 is 1.13 bits per heavy atom. The van der Waals surface area contributed by atoms with Crippen molar-refractivity contribution in [1.82, 2.24) is 0 Å². The van der Waals surface area contributed by atoms with Crippen LogP contribution in [0.2, 0.25) is 8.26 Å². The number of fused-ring (bicyclic) bond motifs is 2. The summed E-state index contributed by atoms with van der Waals surface area (Å²) >= 11 is -5.99. The van der Waals surface area contributed by atoms with Crippen molar-refractivity contribution in [3.8, 4) is 11.1 Å². The Hall–Kier alpha value is -3.32. The van der Waals surface area contributed by atoms with E-state index >= 15 is 0 Å². The van der Waals surface area contributed by atoms with E-state index < -0.39 is 14.4 Å². The van der Waals surface area contributed by atoms with Gasteiger partial charge in [0.2, 0.25) is 0 Å². The second-order valence-electron chi connectivity index (χ2n) is 15.8. The van der Waals surface area contributed by atoms with E-state index in [1.807, 2.05) is 0 Å². The van der Waals surface area contributed by atoms with Crippen molar-refractivity contribution >= 4 is 25.6 Å². The molecule has 0 saturated heterocycles. The second-order valence-corrected chi connectivity index (χ2v) is 58.2. The van der Waals surface area contributed by atoms with Crippen molar-refractivity contribution < 1.29 is 14.4 Å². The SMILES string of the molecule is CCC[CH2][Zr](=[SiH2])([CH2]CCC)([c]1ccccc1)([c]1ccccc1)([CH]1C=Cc2c(-c3ccccc3)cccc21)[CH]1C(C)=Cc2ccccc21. The van der Waals surface area contributed by atoms with Crippen LogP contribution in [0, 0.1) is 0 Å². The van der Waals surface area contributed by atoms with E-state index in [-0.39, 0.29) is 3.63 Å². The van der Waals surface area contributed by atoms with Gasteiger partial charge in [-0.3, -0.25) is 0 Å². The maximum absolute atomic E-state index is 5.99. The normalized spacial score (nSPS) is 19.1. The monoisotopic (exact) mass is 708 g/mol. The third-order valence-corrected chi connectivity index (χ3v) is 64.9. The van der Waals surface area contributed by atoms with E-state index in [9.17, 15) is 0 Å². The summed E-state index contributed by atoms with van der Waals surface area (Å²) in [6, 6.07) is 52.0. The van der Waals surface area contributed by atoms with E-state index in [4.69, 9.17) is 0 Å². The number of hydrogen-bond donors (Lipinski definition) is 0. The van der Waals surface area contributed by atoms with Gasteiger partial charge in [0.05, 0.1) is 0 Å². The molecule has 0 nitrogen and oxygen atoms in total. The molecule has 0 saturated carbocycles. The van der Waals surface area contributed by atoms with Crippen LogP contribution in [-0.2, 0) is 14.4 Å². The standard InChI is InChI=1S/C15H11.C10H9.2C6H5.2C4H9.H2Si.Zr/c1-2-6-12(7-3-1)14-10-4-8-13-9-5-11-15(13)14;1-8-6-9-4-2-3-5-10(9)7-8;2*1-2-4-6-5-3-1;2*1-3-4-2;;/h1-11H;2-7H,1H3;2*1-5H;2*1,3-4H2,2H3;1H2;. The summed E-state index contributed by atoms with van der Waals surface area (Å²) in [5.41, 5.74) is 10.1. The summed E-state index contributed by atoms with van der Waals surface area (Å²) in [5, 5.41) is 0. The van der Waals surface area contributed by atoms with Gasteiger partial charge in [0, 0.05) is 0 Å². The Labute approximate surface area is 278 Å². The predicted octanol–water partition coefficient (Wildman–Crippen LogP) is 11.0. The first-order chi connectivity index (χ1) is 22.8. The summed E-state index contributed by atoms with van der Waals surface area (Å²) in [7, 11) is 0. The number of hydrogen-bond acceptors (Lipinski definition) is 0. The summed E-state index contributed by atoms with van der Waals surface area (Å²) < 4.78 is 6.26. The first-order valence-electron chi connectivity index (χ1n) is 18.0. The van der Waals surface area contributed by atoms with Crippen LogP contribution in [0.4, 0.5) is 0 Å². The van der Waals surface area contributed by atoms with Gasteiger partial charge in [0.15, 0.2) is 0 Å². The van der Waals surface area contributed by atoms with E-state index in [1.165, 1.54) is 61.8 Å². The molecule has 47 heavy (non-hydrogen) atoms. The summed E-state index contributed by atoms with van der Waals surface area (Å²) in [6.07, 6.45) is 12.6. The molecule has 0 bridgehead atoms.